The van der Waals surface area contributed by atoms with Crippen LogP contribution in [0.2, 0.25) is 0 Å². The first-order chi connectivity index (χ1) is 15.0. The number of rotatable bonds is 6. The zero-order valence-corrected chi connectivity index (χ0v) is 18.1. The van der Waals surface area contributed by atoms with E-state index < -0.39 is 10.0 Å². The van der Waals surface area contributed by atoms with Gasteiger partial charge in [-0.25, -0.2) is 8.42 Å². The van der Waals surface area contributed by atoms with E-state index in [2.05, 4.69) is 5.32 Å². The summed E-state index contributed by atoms with van der Waals surface area (Å²) in [6, 6.07) is 21.4. The Morgan fingerprint density at radius 1 is 0.968 bits per heavy atom. The lowest BCUT2D eigenvalue weighted by atomic mass is 10.0. The summed E-state index contributed by atoms with van der Waals surface area (Å²) in [5, 5.41) is 2.85. The first kappa shape index (κ1) is 21.1. The van der Waals surface area contributed by atoms with Gasteiger partial charge in [-0.05, 0) is 59.5 Å². The van der Waals surface area contributed by atoms with Crippen molar-refractivity contribution < 1.29 is 17.9 Å². The van der Waals surface area contributed by atoms with Crippen LogP contribution in [0.3, 0.4) is 0 Å². The summed E-state index contributed by atoms with van der Waals surface area (Å²) in [4.78, 5) is 12.6. The summed E-state index contributed by atoms with van der Waals surface area (Å²) in [5.41, 5.74) is 3.58. The van der Waals surface area contributed by atoms with E-state index in [9.17, 15) is 13.2 Å². The van der Waals surface area contributed by atoms with E-state index in [0.717, 1.165) is 16.9 Å². The number of hydrogen-bond acceptors (Lipinski definition) is 4. The Kier molecular flexibility index (Phi) is 6.06. The van der Waals surface area contributed by atoms with Gasteiger partial charge in [0.05, 0.1) is 12.0 Å². The molecule has 1 amide bonds. The van der Waals surface area contributed by atoms with E-state index in [0.29, 0.717) is 31.6 Å². The minimum atomic E-state index is -3.62. The average Bonchev–Trinajstić information content (AvgIpc) is 2.82. The lowest BCUT2D eigenvalue weighted by Gasteiger charge is -2.28. The highest BCUT2D eigenvalue weighted by Gasteiger charge is 2.28. The van der Waals surface area contributed by atoms with E-state index in [1.807, 2.05) is 48.5 Å². The molecule has 0 fully saturated rings. The molecule has 4 rings (SSSR count). The number of hydrogen-bond donors (Lipinski definition) is 1. The largest absolute Gasteiger partial charge is 0.497 e. The fraction of sp³-hybridized carbons (Fsp3) is 0.208. The molecule has 160 valence electrons. The number of carbonyl (C=O) groups excluding carboxylic acids is 1. The van der Waals surface area contributed by atoms with E-state index in [-0.39, 0.29) is 10.8 Å². The van der Waals surface area contributed by atoms with Gasteiger partial charge in [-0.2, -0.15) is 4.31 Å². The zero-order chi connectivity index (χ0) is 21.8. The summed E-state index contributed by atoms with van der Waals surface area (Å²) in [5.74, 6) is 0.496. The highest BCUT2D eigenvalue weighted by molar-refractivity contribution is 7.89. The molecule has 0 aliphatic carbocycles. The molecule has 0 saturated heterocycles. The molecular weight excluding hydrogens is 412 g/mol. The van der Waals surface area contributed by atoms with Crippen LogP contribution < -0.4 is 10.1 Å². The van der Waals surface area contributed by atoms with Crippen molar-refractivity contribution in [3.63, 3.8) is 0 Å². The Hall–Kier alpha value is -3.16. The number of fused-ring (bicyclic) bond motifs is 1. The molecular formula is C24H24N2O4S. The molecule has 6 nitrogen and oxygen atoms in total. The molecule has 1 heterocycles. The smallest absolute Gasteiger partial charge is 0.251 e. The van der Waals surface area contributed by atoms with Gasteiger partial charge in [0.2, 0.25) is 10.0 Å². The second kappa shape index (κ2) is 8.91. The third-order valence-corrected chi connectivity index (χ3v) is 7.32. The maximum Gasteiger partial charge on any atom is 0.251 e. The minimum absolute atomic E-state index is 0.193. The molecule has 0 bridgehead atoms. The van der Waals surface area contributed by atoms with Crippen molar-refractivity contribution >= 4 is 15.9 Å². The number of nitrogens with zero attached hydrogens (tertiary/aromatic N) is 1. The number of benzene rings is 3. The van der Waals surface area contributed by atoms with Gasteiger partial charge < -0.3 is 10.1 Å². The van der Waals surface area contributed by atoms with Gasteiger partial charge in [-0.1, -0.05) is 36.4 Å². The van der Waals surface area contributed by atoms with Gasteiger partial charge in [0.25, 0.3) is 5.91 Å². The lowest BCUT2D eigenvalue weighted by Crippen LogP contribution is -2.36. The van der Waals surface area contributed by atoms with Crippen LogP contribution in [0.1, 0.15) is 27.0 Å². The van der Waals surface area contributed by atoms with Crippen LogP contribution in [0.25, 0.3) is 0 Å². The maximum atomic E-state index is 13.1. The molecule has 1 aliphatic rings. The van der Waals surface area contributed by atoms with Gasteiger partial charge in [-0.15, -0.1) is 0 Å². The van der Waals surface area contributed by atoms with Gasteiger partial charge in [0.1, 0.15) is 5.75 Å². The average molecular weight is 437 g/mol. The van der Waals surface area contributed by atoms with E-state index in [1.165, 1.54) is 22.0 Å². The summed E-state index contributed by atoms with van der Waals surface area (Å²) >= 11 is 0. The van der Waals surface area contributed by atoms with Crippen molar-refractivity contribution in [3.05, 3.63) is 95.1 Å². The monoisotopic (exact) mass is 436 g/mol. The molecule has 0 saturated carbocycles. The van der Waals surface area contributed by atoms with Crippen molar-refractivity contribution in [1.82, 2.24) is 9.62 Å². The number of sulfonamides is 1. The highest BCUT2D eigenvalue weighted by Crippen LogP contribution is 2.25. The Morgan fingerprint density at radius 2 is 1.65 bits per heavy atom. The van der Waals surface area contributed by atoms with E-state index in [4.69, 9.17) is 4.74 Å². The second-order valence-electron chi connectivity index (χ2n) is 7.41. The fourth-order valence-electron chi connectivity index (χ4n) is 3.63. The Bertz CT molecular complexity index is 1170. The highest BCUT2D eigenvalue weighted by atomic mass is 32.2. The number of methoxy groups -OCH3 is 1. The Balaban J connectivity index is 1.41. The molecule has 3 aromatic rings. The summed E-state index contributed by atoms with van der Waals surface area (Å²) in [7, 11) is -2.02. The molecule has 0 radical (unpaired) electrons. The number of amides is 1. The molecule has 1 N–H and O–H groups in total. The molecule has 1 aliphatic heterocycles. The van der Waals surface area contributed by atoms with Gasteiger partial charge in [0, 0.05) is 25.2 Å². The van der Waals surface area contributed by atoms with Crippen LogP contribution in [-0.4, -0.2) is 32.3 Å². The van der Waals surface area contributed by atoms with Crippen molar-refractivity contribution in [2.45, 2.75) is 24.4 Å². The third-order valence-electron chi connectivity index (χ3n) is 5.46. The van der Waals surface area contributed by atoms with Crippen molar-refractivity contribution in [1.29, 1.82) is 0 Å². The molecule has 0 aromatic heterocycles. The normalized spacial score (nSPS) is 14.0. The second-order valence-corrected chi connectivity index (χ2v) is 9.35. The van der Waals surface area contributed by atoms with Crippen LogP contribution in [0.4, 0.5) is 0 Å². The van der Waals surface area contributed by atoms with Crippen LogP contribution in [-0.2, 0) is 29.5 Å². The Labute approximate surface area is 182 Å². The zero-order valence-electron chi connectivity index (χ0n) is 17.2. The van der Waals surface area contributed by atoms with Crippen molar-refractivity contribution in [2.75, 3.05) is 13.7 Å². The molecule has 3 aromatic carbocycles. The quantitative estimate of drug-likeness (QED) is 0.643. The maximum absolute atomic E-state index is 13.1. The van der Waals surface area contributed by atoms with Gasteiger partial charge in [-0.3, -0.25) is 4.79 Å². The predicted molar refractivity (Wildman–Crippen MR) is 118 cm³/mol. The molecule has 0 spiro atoms. The van der Waals surface area contributed by atoms with Crippen molar-refractivity contribution in [2.24, 2.45) is 0 Å². The van der Waals surface area contributed by atoms with Crippen molar-refractivity contribution in [3.8, 4) is 5.75 Å². The molecule has 0 unspecified atom stereocenters. The predicted octanol–water partition coefficient (Wildman–Crippen LogP) is 3.37. The van der Waals surface area contributed by atoms with Crippen LogP contribution in [0.15, 0.2) is 77.7 Å². The summed E-state index contributed by atoms with van der Waals surface area (Å²) in [6.07, 6.45) is 0.696. The molecule has 0 atom stereocenters. The summed E-state index contributed by atoms with van der Waals surface area (Å²) < 4.78 is 32.7. The third kappa shape index (κ3) is 4.62. The SMILES string of the molecule is COc1ccc(CNC(=O)c2ccc(S(=O)(=O)N3CCc4ccccc4C3)cc2)cc1. The number of nitrogens with one attached hydrogen (secondary N) is 1. The topological polar surface area (TPSA) is 75.7 Å². The van der Waals surface area contributed by atoms with Gasteiger partial charge >= 0.3 is 0 Å². The lowest BCUT2D eigenvalue weighted by molar-refractivity contribution is 0.0951. The summed E-state index contributed by atoms with van der Waals surface area (Å²) in [6.45, 7) is 1.18. The molecule has 7 heteroatoms. The molecule has 31 heavy (non-hydrogen) atoms. The Morgan fingerprint density at radius 3 is 2.32 bits per heavy atom. The first-order valence-electron chi connectivity index (χ1n) is 10.1. The van der Waals surface area contributed by atoms with Gasteiger partial charge in [0.15, 0.2) is 0 Å². The van der Waals surface area contributed by atoms with Crippen LogP contribution in [0.5, 0.6) is 5.75 Å². The standard InChI is InChI=1S/C24H24N2O4S/c1-30-22-10-6-18(7-11-22)16-25-24(27)20-8-12-23(13-9-20)31(28,29)26-15-14-19-4-2-3-5-21(19)17-26/h2-13H,14-17H2,1H3,(H,25,27). The van der Waals surface area contributed by atoms with Crippen LogP contribution >= 0.6 is 0 Å². The number of ether oxygens (including phenoxy) is 1. The number of carbonyl (C=O) groups is 1. The van der Waals surface area contributed by atoms with E-state index in [1.54, 1.807) is 19.2 Å². The van der Waals surface area contributed by atoms with E-state index >= 15 is 0 Å². The van der Waals surface area contributed by atoms with Crippen LogP contribution in [0, 0.1) is 0 Å². The first-order valence-corrected chi connectivity index (χ1v) is 11.5. The minimum Gasteiger partial charge on any atom is -0.497 e. The fourth-order valence-corrected chi connectivity index (χ4v) is 5.05.